The van der Waals surface area contributed by atoms with Crippen LogP contribution in [0.4, 0.5) is 0 Å². The van der Waals surface area contributed by atoms with Crippen LogP contribution in [0.25, 0.3) is 0 Å². The molecule has 1 atom stereocenters. The third-order valence-corrected chi connectivity index (χ3v) is 5.40. The van der Waals surface area contributed by atoms with Gasteiger partial charge in [-0.3, -0.25) is 5.10 Å². The van der Waals surface area contributed by atoms with E-state index in [-0.39, 0.29) is 11.1 Å². The Morgan fingerprint density at radius 3 is 3.05 bits per heavy atom. The number of H-pyrrole nitrogens is 1. The number of ether oxygens (including phenoxy) is 1. The summed E-state index contributed by atoms with van der Waals surface area (Å²) in [6.07, 6.45) is 3.29. The number of hydrogen-bond donors (Lipinski definition) is 2. The van der Waals surface area contributed by atoms with Gasteiger partial charge in [0.2, 0.25) is 0 Å². The summed E-state index contributed by atoms with van der Waals surface area (Å²) in [4.78, 5) is 0. The Bertz CT molecular complexity index is 523. The van der Waals surface area contributed by atoms with Crippen molar-refractivity contribution in [2.24, 2.45) is 0 Å². The Morgan fingerprint density at radius 1 is 1.60 bits per heavy atom. The van der Waals surface area contributed by atoms with Crippen LogP contribution >= 0.6 is 0 Å². The fourth-order valence-electron chi connectivity index (χ4n) is 2.20. The van der Waals surface area contributed by atoms with E-state index in [9.17, 15) is 8.42 Å². The van der Waals surface area contributed by atoms with Gasteiger partial charge in [0.05, 0.1) is 18.8 Å². The second-order valence-electron chi connectivity index (χ2n) is 4.94. The molecule has 0 saturated carbocycles. The van der Waals surface area contributed by atoms with Crippen molar-refractivity contribution in [1.82, 2.24) is 19.8 Å². The van der Waals surface area contributed by atoms with Crippen LogP contribution in [0.2, 0.25) is 0 Å². The highest BCUT2D eigenvalue weighted by Crippen LogP contribution is 2.21. The lowest BCUT2D eigenvalue weighted by Gasteiger charge is -2.22. The van der Waals surface area contributed by atoms with Gasteiger partial charge in [-0.05, 0) is 19.4 Å². The molecule has 1 unspecified atom stereocenters. The monoisotopic (exact) mass is 302 g/mol. The van der Waals surface area contributed by atoms with Gasteiger partial charge in [-0.15, -0.1) is 0 Å². The second-order valence-corrected chi connectivity index (χ2v) is 6.87. The van der Waals surface area contributed by atoms with Crippen LogP contribution in [0.15, 0.2) is 11.2 Å². The average Bonchev–Trinajstić information content (AvgIpc) is 3.09. The molecule has 0 aliphatic carbocycles. The van der Waals surface area contributed by atoms with E-state index in [0.717, 1.165) is 19.4 Å². The van der Waals surface area contributed by atoms with Gasteiger partial charge in [-0.25, -0.2) is 8.42 Å². The lowest BCUT2D eigenvalue weighted by Crippen LogP contribution is -2.38. The van der Waals surface area contributed by atoms with Crippen LogP contribution in [0.1, 0.15) is 25.3 Å². The van der Waals surface area contributed by atoms with Crippen molar-refractivity contribution < 1.29 is 13.2 Å². The summed E-state index contributed by atoms with van der Waals surface area (Å²) >= 11 is 0. The van der Waals surface area contributed by atoms with Crippen LogP contribution in [0.5, 0.6) is 0 Å². The summed E-state index contributed by atoms with van der Waals surface area (Å²) < 4.78 is 31.9. The van der Waals surface area contributed by atoms with Crippen molar-refractivity contribution in [2.75, 3.05) is 26.8 Å². The van der Waals surface area contributed by atoms with Crippen molar-refractivity contribution in [2.45, 2.75) is 37.4 Å². The van der Waals surface area contributed by atoms with E-state index in [1.165, 1.54) is 4.31 Å². The molecule has 0 aromatic carbocycles. The molecule has 2 heterocycles. The van der Waals surface area contributed by atoms with Crippen molar-refractivity contribution in [3.63, 3.8) is 0 Å². The quantitative estimate of drug-likeness (QED) is 0.708. The number of aromatic amines is 1. The predicted octanol–water partition coefficient (Wildman–Crippen LogP) is 0.319. The molecule has 0 spiro atoms. The third-order valence-electron chi connectivity index (χ3n) is 3.48. The molecule has 20 heavy (non-hydrogen) atoms. The lowest BCUT2D eigenvalue weighted by atomic mass is 10.3. The van der Waals surface area contributed by atoms with Gasteiger partial charge in [0.25, 0.3) is 10.0 Å². The topological polar surface area (TPSA) is 87.3 Å². The minimum absolute atomic E-state index is 0.0975. The molecule has 0 bridgehead atoms. The molecule has 2 rings (SSSR count). The molecule has 114 valence electrons. The summed E-state index contributed by atoms with van der Waals surface area (Å²) in [5.41, 5.74) is 0.671. The van der Waals surface area contributed by atoms with E-state index in [2.05, 4.69) is 22.4 Å². The summed E-state index contributed by atoms with van der Waals surface area (Å²) in [7, 11) is -1.96. The summed E-state index contributed by atoms with van der Waals surface area (Å²) in [6, 6.07) is -0.0975. The smallest absolute Gasteiger partial charge is 0.260 e. The van der Waals surface area contributed by atoms with Crippen molar-refractivity contribution in [3.05, 3.63) is 11.8 Å². The average molecular weight is 302 g/mol. The maximum atomic E-state index is 12.6. The molecular formula is C12H22N4O3S. The minimum atomic E-state index is -3.55. The Morgan fingerprint density at radius 2 is 2.40 bits per heavy atom. The van der Waals surface area contributed by atoms with E-state index in [4.69, 9.17) is 4.74 Å². The molecule has 2 N–H and O–H groups in total. The van der Waals surface area contributed by atoms with Gasteiger partial charge < -0.3 is 10.1 Å². The number of aromatic nitrogens is 2. The van der Waals surface area contributed by atoms with Crippen molar-refractivity contribution in [3.8, 4) is 0 Å². The van der Waals surface area contributed by atoms with Crippen LogP contribution < -0.4 is 5.32 Å². The van der Waals surface area contributed by atoms with Crippen LogP contribution in [0.3, 0.4) is 0 Å². The normalized spacial score (nSPS) is 19.9. The summed E-state index contributed by atoms with van der Waals surface area (Å²) in [6.45, 7) is 4.46. The van der Waals surface area contributed by atoms with E-state index in [1.807, 2.05) is 0 Å². The predicted molar refractivity (Wildman–Crippen MR) is 74.8 cm³/mol. The standard InChI is InChI=1S/C12H22N4O3S/c1-3-5-13-7-10-8-14-15-12(10)20(17,18)16(2)11-4-6-19-9-11/h8,11,13H,3-7,9H2,1-2H3,(H,14,15). The zero-order valence-corrected chi connectivity index (χ0v) is 12.7. The Labute approximate surface area is 119 Å². The summed E-state index contributed by atoms with van der Waals surface area (Å²) in [5, 5.41) is 9.86. The SMILES string of the molecule is CCCNCc1cn[nH]c1S(=O)(=O)N(C)C1CCOC1. The van der Waals surface area contributed by atoms with Crippen LogP contribution in [0, 0.1) is 0 Å². The van der Waals surface area contributed by atoms with Crippen molar-refractivity contribution >= 4 is 10.0 Å². The number of nitrogens with zero attached hydrogens (tertiary/aromatic N) is 2. The molecule has 1 saturated heterocycles. The largest absolute Gasteiger partial charge is 0.380 e. The molecule has 1 aliphatic heterocycles. The molecule has 1 fully saturated rings. The first-order chi connectivity index (χ1) is 9.57. The van der Waals surface area contributed by atoms with Crippen LogP contribution in [-0.4, -0.2) is 55.8 Å². The number of sulfonamides is 1. The first kappa shape index (κ1) is 15.4. The van der Waals surface area contributed by atoms with Crippen LogP contribution in [-0.2, 0) is 21.3 Å². The van der Waals surface area contributed by atoms with Gasteiger partial charge in [0.1, 0.15) is 0 Å². The zero-order chi connectivity index (χ0) is 14.6. The lowest BCUT2D eigenvalue weighted by molar-refractivity contribution is 0.180. The fraction of sp³-hybridized carbons (Fsp3) is 0.750. The number of rotatable bonds is 7. The molecule has 1 aromatic rings. The number of hydrogen-bond acceptors (Lipinski definition) is 5. The number of likely N-dealkylation sites (N-methyl/N-ethyl adjacent to an activating group) is 1. The van der Waals surface area contributed by atoms with Gasteiger partial charge in [-0.2, -0.15) is 9.40 Å². The Hall–Kier alpha value is -0.960. The maximum absolute atomic E-state index is 12.6. The zero-order valence-electron chi connectivity index (χ0n) is 11.9. The molecule has 0 amide bonds. The van der Waals surface area contributed by atoms with Gasteiger partial charge in [-0.1, -0.05) is 6.92 Å². The molecular weight excluding hydrogens is 280 g/mol. The third kappa shape index (κ3) is 3.20. The maximum Gasteiger partial charge on any atom is 0.260 e. The van der Waals surface area contributed by atoms with Crippen molar-refractivity contribution in [1.29, 1.82) is 0 Å². The number of nitrogens with one attached hydrogen (secondary N) is 2. The van der Waals surface area contributed by atoms with E-state index in [1.54, 1.807) is 13.2 Å². The van der Waals surface area contributed by atoms with E-state index >= 15 is 0 Å². The van der Waals surface area contributed by atoms with E-state index < -0.39 is 10.0 Å². The van der Waals surface area contributed by atoms with Gasteiger partial charge in [0, 0.05) is 25.8 Å². The minimum Gasteiger partial charge on any atom is -0.380 e. The summed E-state index contributed by atoms with van der Waals surface area (Å²) in [5.74, 6) is 0. The molecule has 0 radical (unpaired) electrons. The fourth-order valence-corrected chi connectivity index (χ4v) is 3.67. The molecule has 1 aliphatic rings. The Balaban J connectivity index is 2.14. The highest BCUT2D eigenvalue weighted by molar-refractivity contribution is 7.89. The molecule has 8 heteroatoms. The first-order valence-electron chi connectivity index (χ1n) is 6.86. The second kappa shape index (κ2) is 6.66. The van der Waals surface area contributed by atoms with Gasteiger partial charge in [0.15, 0.2) is 5.03 Å². The Kier molecular flexibility index (Phi) is 5.14. The van der Waals surface area contributed by atoms with Gasteiger partial charge >= 0.3 is 0 Å². The molecule has 1 aromatic heterocycles. The highest BCUT2D eigenvalue weighted by Gasteiger charge is 2.33. The molecule has 7 nitrogen and oxygen atoms in total. The first-order valence-corrected chi connectivity index (χ1v) is 8.30. The highest BCUT2D eigenvalue weighted by atomic mass is 32.2. The van der Waals surface area contributed by atoms with E-state index in [0.29, 0.717) is 25.3 Å².